The Kier molecular flexibility index (Phi) is 6.79. The van der Waals surface area contributed by atoms with Crippen molar-refractivity contribution in [2.45, 2.75) is 116 Å². The minimum absolute atomic E-state index is 0.0386. The van der Waals surface area contributed by atoms with Gasteiger partial charge in [-0.05, 0) is 97.1 Å². The van der Waals surface area contributed by atoms with Gasteiger partial charge in [-0.25, -0.2) is 0 Å². The third-order valence-electron chi connectivity index (χ3n) is 9.39. The number of nitrogens with zero attached hydrogens (tertiary/aromatic N) is 1. The van der Waals surface area contributed by atoms with E-state index in [9.17, 15) is 14.7 Å². The number of benzene rings is 1. The average Bonchev–Trinajstić information content (AvgIpc) is 3.50. The van der Waals surface area contributed by atoms with E-state index in [4.69, 9.17) is 0 Å². The molecule has 37 heavy (non-hydrogen) atoms. The van der Waals surface area contributed by atoms with E-state index in [1.165, 1.54) is 61.6 Å². The molecule has 0 saturated heterocycles. The molecule has 3 aliphatic carbocycles. The number of aromatic nitrogens is 1. The van der Waals surface area contributed by atoms with Gasteiger partial charge in [0.25, 0.3) is 5.91 Å². The number of carbonyl (C=O) groups excluding carboxylic acids is 1. The standard InChI is InChI=1S/C32H44N2O3/c1-20-27(29(35)33-26-15-23(16-26)30(36)37)18-28(34(20)19-21-9-7-6-8-10-21)22-13-24(31(2,3)4)17-25(14-22)32(5)11-12-32/h13-14,17-18,21,23,26H,6-12,15-16,19H2,1-5H3,(H,33,35)(H,36,37)/t23-,26-. The van der Waals surface area contributed by atoms with Gasteiger partial charge in [-0.15, -0.1) is 0 Å². The summed E-state index contributed by atoms with van der Waals surface area (Å²) in [6, 6.07) is 9.16. The van der Waals surface area contributed by atoms with Crippen LogP contribution in [0.2, 0.25) is 0 Å². The van der Waals surface area contributed by atoms with Crippen molar-refractivity contribution in [1.82, 2.24) is 9.88 Å². The lowest BCUT2D eigenvalue weighted by Crippen LogP contribution is -2.46. The van der Waals surface area contributed by atoms with Gasteiger partial charge in [0, 0.05) is 24.0 Å². The minimum atomic E-state index is -0.763. The van der Waals surface area contributed by atoms with Crippen LogP contribution in [0.25, 0.3) is 11.3 Å². The molecule has 0 bridgehead atoms. The molecule has 1 heterocycles. The van der Waals surface area contributed by atoms with Crippen LogP contribution in [-0.2, 0) is 22.2 Å². The molecule has 5 heteroatoms. The Bertz CT molecular complexity index is 1160. The first kappa shape index (κ1) is 26.1. The lowest BCUT2D eigenvalue weighted by atomic mass is 9.80. The highest BCUT2D eigenvalue weighted by atomic mass is 16.4. The van der Waals surface area contributed by atoms with Crippen molar-refractivity contribution in [2.24, 2.45) is 11.8 Å². The Morgan fingerprint density at radius 2 is 1.73 bits per heavy atom. The summed E-state index contributed by atoms with van der Waals surface area (Å²) >= 11 is 0. The van der Waals surface area contributed by atoms with E-state index < -0.39 is 5.97 Å². The Balaban J connectivity index is 1.52. The zero-order valence-electron chi connectivity index (χ0n) is 23.3. The highest BCUT2D eigenvalue weighted by molar-refractivity contribution is 5.97. The molecule has 3 saturated carbocycles. The van der Waals surface area contributed by atoms with E-state index in [0.717, 1.165) is 23.5 Å². The van der Waals surface area contributed by atoms with E-state index >= 15 is 0 Å². The monoisotopic (exact) mass is 504 g/mol. The number of carboxylic acid groups (broad SMARTS) is 1. The molecule has 0 aliphatic heterocycles. The van der Waals surface area contributed by atoms with Crippen LogP contribution in [0.4, 0.5) is 0 Å². The first-order valence-electron chi connectivity index (χ1n) is 14.3. The van der Waals surface area contributed by atoms with E-state index in [1.807, 2.05) is 0 Å². The lowest BCUT2D eigenvalue weighted by molar-refractivity contribution is -0.145. The third kappa shape index (κ3) is 5.37. The summed E-state index contributed by atoms with van der Waals surface area (Å²) in [5, 5.41) is 12.3. The predicted octanol–water partition coefficient (Wildman–Crippen LogP) is 6.99. The van der Waals surface area contributed by atoms with Crippen LogP contribution in [-0.4, -0.2) is 27.6 Å². The number of carboxylic acids is 1. The normalized spacial score (nSPS) is 23.4. The molecule has 1 aromatic heterocycles. The number of carbonyl (C=O) groups is 2. The van der Waals surface area contributed by atoms with Gasteiger partial charge in [0.1, 0.15) is 0 Å². The molecule has 200 valence electrons. The molecule has 0 unspecified atom stereocenters. The van der Waals surface area contributed by atoms with Gasteiger partial charge in [0.2, 0.25) is 0 Å². The second-order valence-electron chi connectivity index (χ2n) is 13.4. The number of amides is 1. The molecule has 5 rings (SSSR count). The number of aliphatic carboxylic acids is 1. The molecular formula is C32H44N2O3. The average molecular weight is 505 g/mol. The molecule has 0 spiro atoms. The Morgan fingerprint density at radius 3 is 2.32 bits per heavy atom. The molecule has 5 nitrogen and oxygen atoms in total. The zero-order chi connectivity index (χ0) is 26.5. The van der Waals surface area contributed by atoms with Gasteiger partial charge in [0.15, 0.2) is 0 Å². The van der Waals surface area contributed by atoms with Crippen LogP contribution in [0.3, 0.4) is 0 Å². The summed E-state index contributed by atoms with van der Waals surface area (Å²) in [5.74, 6) is -0.526. The van der Waals surface area contributed by atoms with Crippen LogP contribution in [0.5, 0.6) is 0 Å². The molecule has 0 atom stereocenters. The number of hydrogen-bond donors (Lipinski definition) is 2. The highest BCUT2D eigenvalue weighted by Gasteiger charge is 2.40. The van der Waals surface area contributed by atoms with Gasteiger partial charge in [-0.3, -0.25) is 9.59 Å². The Hall–Kier alpha value is -2.56. The fourth-order valence-corrected chi connectivity index (χ4v) is 6.21. The molecule has 2 aromatic rings. The molecule has 3 aliphatic rings. The Labute approximate surface area is 222 Å². The Morgan fingerprint density at radius 1 is 1.05 bits per heavy atom. The van der Waals surface area contributed by atoms with Gasteiger partial charge < -0.3 is 15.0 Å². The first-order valence-corrected chi connectivity index (χ1v) is 14.3. The maximum absolute atomic E-state index is 13.4. The smallest absolute Gasteiger partial charge is 0.306 e. The van der Waals surface area contributed by atoms with Gasteiger partial charge in [-0.1, -0.05) is 53.0 Å². The van der Waals surface area contributed by atoms with E-state index in [2.05, 4.69) is 68.8 Å². The van der Waals surface area contributed by atoms with Gasteiger partial charge >= 0.3 is 5.97 Å². The third-order valence-corrected chi connectivity index (χ3v) is 9.39. The van der Waals surface area contributed by atoms with Crippen molar-refractivity contribution in [3.8, 4) is 11.3 Å². The SMILES string of the molecule is Cc1c(C(=O)N[C@H]2C[C@H](C(=O)O)C2)cc(-c2cc(C(C)(C)C)cc(C3(C)CC3)c2)n1CC1CCCCC1. The number of rotatable bonds is 7. The largest absolute Gasteiger partial charge is 0.481 e. The summed E-state index contributed by atoms with van der Waals surface area (Å²) in [6.07, 6.45) is 9.92. The van der Waals surface area contributed by atoms with Crippen LogP contribution in [0.1, 0.15) is 113 Å². The van der Waals surface area contributed by atoms with E-state index in [1.54, 1.807) is 0 Å². The van der Waals surface area contributed by atoms with Crippen molar-refractivity contribution in [3.63, 3.8) is 0 Å². The maximum Gasteiger partial charge on any atom is 0.306 e. The molecule has 2 N–H and O–H groups in total. The van der Waals surface area contributed by atoms with Gasteiger partial charge in [-0.2, -0.15) is 0 Å². The molecule has 1 amide bonds. The van der Waals surface area contributed by atoms with Crippen LogP contribution in [0.15, 0.2) is 24.3 Å². The van der Waals surface area contributed by atoms with Crippen molar-refractivity contribution in [2.75, 3.05) is 0 Å². The number of nitrogens with one attached hydrogen (secondary N) is 1. The molecule has 0 radical (unpaired) electrons. The first-order chi connectivity index (χ1) is 17.4. The predicted molar refractivity (Wildman–Crippen MR) is 148 cm³/mol. The van der Waals surface area contributed by atoms with Crippen molar-refractivity contribution in [3.05, 3.63) is 46.6 Å². The molecule has 1 aromatic carbocycles. The fourth-order valence-electron chi connectivity index (χ4n) is 6.21. The van der Waals surface area contributed by atoms with Gasteiger partial charge in [0.05, 0.1) is 11.5 Å². The number of hydrogen-bond acceptors (Lipinski definition) is 2. The summed E-state index contributed by atoms with van der Waals surface area (Å²) in [4.78, 5) is 24.6. The maximum atomic E-state index is 13.4. The summed E-state index contributed by atoms with van der Waals surface area (Å²) in [5.41, 5.74) is 7.16. The second kappa shape index (κ2) is 9.63. The van der Waals surface area contributed by atoms with E-state index in [0.29, 0.717) is 18.8 Å². The summed E-state index contributed by atoms with van der Waals surface area (Å²) in [6.45, 7) is 12.2. The van der Waals surface area contributed by atoms with Crippen LogP contribution >= 0.6 is 0 Å². The van der Waals surface area contributed by atoms with Crippen molar-refractivity contribution >= 4 is 11.9 Å². The summed E-state index contributed by atoms with van der Waals surface area (Å²) < 4.78 is 2.41. The molecule has 3 fully saturated rings. The minimum Gasteiger partial charge on any atom is -0.481 e. The highest BCUT2D eigenvalue weighted by Crippen LogP contribution is 2.49. The van der Waals surface area contributed by atoms with Crippen molar-refractivity contribution in [1.29, 1.82) is 0 Å². The summed E-state index contributed by atoms with van der Waals surface area (Å²) in [7, 11) is 0. The lowest BCUT2D eigenvalue weighted by Gasteiger charge is -2.32. The van der Waals surface area contributed by atoms with Crippen LogP contribution in [0, 0.1) is 18.8 Å². The topological polar surface area (TPSA) is 71.3 Å². The van der Waals surface area contributed by atoms with Crippen LogP contribution < -0.4 is 5.32 Å². The fraction of sp³-hybridized carbons (Fsp3) is 0.625. The second-order valence-corrected chi connectivity index (χ2v) is 13.4. The van der Waals surface area contributed by atoms with E-state index in [-0.39, 0.29) is 28.7 Å². The molecular weight excluding hydrogens is 460 g/mol. The zero-order valence-corrected chi connectivity index (χ0v) is 23.3. The van der Waals surface area contributed by atoms with Crippen molar-refractivity contribution < 1.29 is 14.7 Å². The quantitative estimate of drug-likeness (QED) is 0.427.